The van der Waals surface area contributed by atoms with Gasteiger partial charge in [-0.15, -0.1) is 0 Å². The number of rotatable bonds is 7. The average molecular weight is 286 g/mol. The van der Waals surface area contributed by atoms with Gasteiger partial charge in [0.15, 0.2) is 0 Å². The monoisotopic (exact) mass is 285 g/mol. The van der Waals surface area contributed by atoms with E-state index < -0.39 is 17.8 Å². The molecule has 1 aromatic carbocycles. The zero-order valence-corrected chi connectivity index (χ0v) is 10.8. The summed E-state index contributed by atoms with van der Waals surface area (Å²) < 4.78 is 13.8. The van der Waals surface area contributed by atoms with Crippen molar-refractivity contribution in [3.63, 3.8) is 0 Å². The van der Waals surface area contributed by atoms with Gasteiger partial charge in [-0.3, -0.25) is 4.79 Å². The molecule has 0 aliphatic heterocycles. The van der Waals surface area contributed by atoms with Gasteiger partial charge in [0, 0.05) is 17.0 Å². The van der Waals surface area contributed by atoms with Crippen LogP contribution in [-0.4, -0.2) is 19.0 Å². The van der Waals surface area contributed by atoms with Crippen LogP contribution in [0.15, 0.2) is 23.3 Å². The molecule has 0 aromatic heterocycles. The first-order valence-corrected chi connectivity index (χ1v) is 5.93. The summed E-state index contributed by atoms with van der Waals surface area (Å²) in [5.41, 5.74) is 13.4. The Morgan fingerprint density at radius 1 is 1.63 bits per heavy atom. The van der Waals surface area contributed by atoms with Gasteiger partial charge in [0.25, 0.3) is 0 Å². The summed E-state index contributed by atoms with van der Waals surface area (Å²) in [5.74, 6) is -1.37. The minimum absolute atomic E-state index is 0.0698. The number of primary amides is 1. The molecule has 102 valence electrons. The van der Waals surface area contributed by atoms with Crippen molar-refractivity contribution in [1.29, 1.82) is 0 Å². The van der Waals surface area contributed by atoms with Gasteiger partial charge >= 0.3 is 0 Å². The van der Waals surface area contributed by atoms with Crippen LogP contribution >= 0.6 is 11.6 Å². The minimum Gasteiger partial charge on any atom is -0.368 e. The zero-order valence-electron chi connectivity index (χ0n) is 10.0. The normalized spacial score (nSPS) is 11.7. The third kappa shape index (κ3) is 4.40. The molecule has 0 aliphatic carbocycles. The quantitative estimate of drug-likeness (QED) is 0.347. The molecule has 0 spiro atoms. The fourth-order valence-electron chi connectivity index (χ4n) is 1.55. The second-order valence-corrected chi connectivity index (χ2v) is 4.15. The summed E-state index contributed by atoms with van der Waals surface area (Å²) in [5, 5.41) is 6.08. The maximum Gasteiger partial charge on any atom is 0.239 e. The fraction of sp³-hybridized carbons (Fsp3) is 0.364. The van der Waals surface area contributed by atoms with Crippen LogP contribution < -0.4 is 11.1 Å². The highest BCUT2D eigenvalue weighted by Crippen LogP contribution is 2.23. The van der Waals surface area contributed by atoms with Crippen molar-refractivity contribution in [3.05, 3.63) is 45.0 Å². The van der Waals surface area contributed by atoms with Crippen molar-refractivity contribution < 1.29 is 9.18 Å². The molecule has 0 bridgehead atoms. The van der Waals surface area contributed by atoms with Crippen LogP contribution in [0.4, 0.5) is 4.39 Å². The molecule has 19 heavy (non-hydrogen) atoms. The summed E-state index contributed by atoms with van der Waals surface area (Å²) >= 11 is 5.66. The SMILES string of the molecule is [N-]=[N+]=NCCCNC(C(N)=O)c1cccc(Cl)c1F. The second kappa shape index (κ2) is 7.58. The van der Waals surface area contributed by atoms with Gasteiger partial charge in [-0.05, 0) is 24.6 Å². The third-order valence-electron chi connectivity index (χ3n) is 2.42. The molecular formula is C11H13ClFN5O. The second-order valence-electron chi connectivity index (χ2n) is 3.74. The van der Waals surface area contributed by atoms with E-state index in [2.05, 4.69) is 15.3 Å². The van der Waals surface area contributed by atoms with Crippen molar-refractivity contribution in [3.8, 4) is 0 Å². The highest BCUT2D eigenvalue weighted by molar-refractivity contribution is 6.30. The number of azide groups is 1. The molecule has 1 rings (SSSR count). The predicted octanol–water partition coefficient (Wildman–Crippen LogP) is 2.30. The average Bonchev–Trinajstić information content (AvgIpc) is 2.37. The molecule has 1 aromatic rings. The molecule has 0 saturated carbocycles. The van der Waals surface area contributed by atoms with E-state index in [1.165, 1.54) is 12.1 Å². The lowest BCUT2D eigenvalue weighted by Gasteiger charge is -2.16. The number of carbonyl (C=O) groups excluding carboxylic acids is 1. The van der Waals surface area contributed by atoms with E-state index in [4.69, 9.17) is 22.9 Å². The van der Waals surface area contributed by atoms with Crippen LogP contribution in [0.1, 0.15) is 18.0 Å². The Hall–Kier alpha value is -1.82. The molecular weight excluding hydrogens is 273 g/mol. The Labute approximate surface area is 114 Å². The lowest BCUT2D eigenvalue weighted by molar-refractivity contribution is -0.120. The first-order valence-electron chi connectivity index (χ1n) is 5.55. The molecule has 0 heterocycles. The molecule has 0 fully saturated rings. The molecule has 0 aliphatic rings. The van der Waals surface area contributed by atoms with Gasteiger partial charge in [0.05, 0.1) is 5.02 Å². The van der Waals surface area contributed by atoms with Crippen LogP contribution in [0.5, 0.6) is 0 Å². The van der Waals surface area contributed by atoms with Gasteiger partial charge in [-0.2, -0.15) is 0 Å². The Morgan fingerprint density at radius 3 is 3.00 bits per heavy atom. The number of nitrogens with one attached hydrogen (secondary N) is 1. The standard InChI is InChI=1S/C11H13ClFN5O/c12-8-4-1-3-7(9(8)13)10(11(14)19)16-5-2-6-17-18-15/h1,3-4,10,16H,2,5-6H2,(H2,14,19). The first-order chi connectivity index (χ1) is 9.07. The number of hydrogen-bond donors (Lipinski definition) is 2. The largest absolute Gasteiger partial charge is 0.368 e. The lowest BCUT2D eigenvalue weighted by Crippen LogP contribution is -2.35. The van der Waals surface area contributed by atoms with Gasteiger partial charge in [-0.1, -0.05) is 28.8 Å². The summed E-state index contributed by atoms with van der Waals surface area (Å²) in [6.07, 6.45) is 0.510. The Kier molecular flexibility index (Phi) is 6.08. The van der Waals surface area contributed by atoms with Gasteiger partial charge in [-0.25, -0.2) is 4.39 Å². The number of amides is 1. The molecule has 6 nitrogen and oxygen atoms in total. The van der Waals surface area contributed by atoms with E-state index in [1.807, 2.05) is 0 Å². The van der Waals surface area contributed by atoms with Gasteiger partial charge < -0.3 is 11.1 Å². The maximum absolute atomic E-state index is 13.8. The number of nitrogens with two attached hydrogens (primary N) is 1. The van der Waals surface area contributed by atoms with E-state index in [9.17, 15) is 9.18 Å². The Bertz CT molecular complexity index is 504. The Morgan fingerprint density at radius 2 is 2.37 bits per heavy atom. The molecule has 8 heteroatoms. The summed E-state index contributed by atoms with van der Waals surface area (Å²) in [6.45, 7) is 0.644. The van der Waals surface area contributed by atoms with Crippen LogP contribution in [0.2, 0.25) is 5.02 Å². The third-order valence-corrected chi connectivity index (χ3v) is 2.72. The van der Waals surface area contributed by atoms with Crippen molar-refractivity contribution >= 4 is 17.5 Å². The van der Waals surface area contributed by atoms with E-state index in [0.29, 0.717) is 13.0 Å². The molecule has 1 amide bonds. The highest BCUT2D eigenvalue weighted by atomic mass is 35.5. The molecule has 0 radical (unpaired) electrons. The zero-order chi connectivity index (χ0) is 14.3. The highest BCUT2D eigenvalue weighted by Gasteiger charge is 2.21. The van der Waals surface area contributed by atoms with Crippen LogP contribution in [0, 0.1) is 5.82 Å². The summed E-state index contributed by atoms with van der Waals surface area (Å²) in [6, 6.07) is 3.40. The van der Waals surface area contributed by atoms with Crippen molar-refractivity contribution in [2.24, 2.45) is 10.8 Å². The molecule has 3 N–H and O–H groups in total. The van der Waals surface area contributed by atoms with E-state index >= 15 is 0 Å². The first kappa shape index (κ1) is 15.2. The van der Waals surface area contributed by atoms with Gasteiger partial charge in [0.1, 0.15) is 11.9 Å². The number of hydrogen-bond acceptors (Lipinski definition) is 3. The Balaban J connectivity index is 2.75. The van der Waals surface area contributed by atoms with E-state index in [1.54, 1.807) is 6.07 Å². The van der Waals surface area contributed by atoms with Crippen LogP contribution in [-0.2, 0) is 4.79 Å². The van der Waals surface area contributed by atoms with E-state index in [-0.39, 0.29) is 17.1 Å². The van der Waals surface area contributed by atoms with Crippen molar-refractivity contribution in [2.75, 3.05) is 13.1 Å². The number of benzene rings is 1. The number of halogens is 2. The van der Waals surface area contributed by atoms with Crippen molar-refractivity contribution in [1.82, 2.24) is 5.32 Å². The number of carbonyl (C=O) groups is 1. The summed E-state index contributed by atoms with van der Waals surface area (Å²) in [7, 11) is 0. The smallest absolute Gasteiger partial charge is 0.239 e. The van der Waals surface area contributed by atoms with E-state index in [0.717, 1.165) is 0 Å². The van der Waals surface area contributed by atoms with Crippen LogP contribution in [0.25, 0.3) is 10.4 Å². The number of nitrogens with zero attached hydrogens (tertiary/aromatic N) is 3. The molecule has 0 saturated heterocycles. The van der Waals surface area contributed by atoms with Gasteiger partial charge in [0.2, 0.25) is 5.91 Å². The maximum atomic E-state index is 13.8. The minimum atomic E-state index is -0.968. The fourth-order valence-corrected chi connectivity index (χ4v) is 1.73. The molecule has 1 unspecified atom stereocenters. The topological polar surface area (TPSA) is 104 Å². The predicted molar refractivity (Wildman–Crippen MR) is 70.0 cm³/mol. The van der Waals surface area contributed by atoms with Crippen molar-refractivity contribution in [2.45, 2.75) is 12.5 Å². The molecule has 1 atom stereocenters. The summed E-state index contributed by atoms with van der Waals surface area (Å²) in [4.78, 5) is 14.0. The lowest BCUT2D eigenvalue weighted by atomic mass is 10.1. The van der Waals surface area contributed by atoms with Crippen LogP contribution in [0.3, 0.4) is 0 Å².